The molecule has 490 valence electrons. The van der Waals surface area contributed by atoms with Crippen molar-refractivity contribution in [1.29, 1.82) is 0 Å². The zero-order chi connectivity index (χ0) is 59.9. The van der Waals surface area contributed by atoms with Crippen molar-refractivity contribution in [2.24, 2.45) is 0 Å². The van der Waals surface area contributed by atoms with Crippen LogP contribution in [-0.4, -0.2) is 47.4 Å². The SMILES string of the molecule is CCCCCCC/C=C\CCCCCCCC(=O)OCCCCCCCCCCCCCCCCCCCC/C=C\CCCCCCCCCCCCCCCCCCCC(=O)NC(CO)C(O)/C=C/CCCCCCCCCCCCC. The Kier molecular flexibility index (Phi) is 70.9. The Bertz CT molecular complexity index is 1340. The monoisotopic (exact) mass is 1170 g/mol. The van der Waals surface area contributed by atoms with Crippen LogP contribution in [0.4, 0.5) is 0 Å². The molecule has 2 atom stereocenters. The first-order valence-electron chi connectivity index (χ1n) is 37.8. The van der Waals surface area contributed by atoms with Crippen molar-refractivity contribution in [2.75, 3.05) is 13.2 Å². The number of hydrogen-bond acceptors (Lipinski definition) is 5. The quantitative estimate of drug-likeness (QED) is 0.0320. The van der Waals surface area contributed by atoms with Crippen LogP contribution in [0.3, 0.4) is 0 Å². The lowest BCUT2D eigenvalue weighted by Gasteiger charge is -2.20. The average Bonchev–Trinajstić information content (AvgIpc) is 3.49. The second kappa shape index (κ2) is 72.6. The molecule has 2 unspecified atom stereocenters. The van der Waals surface area contributed by atoms with Gasteiger partial charge in [-0.3, -0.25) is 9.59 Å². The first-order chi connectivity index (χ1) is 41.0. The molecule has 6 heteroatoms. The number of hydrogen-bond donors (Lipinski definition) is 3. The molecule has 0 radical (unpaired) electrons. The number of esters is 1. The van der Waals surface area contributed by atoms with E-state index in [2.05, 4.69) is 43.5 Å². The summed E-state index contributed by atoms with van der Waals surface area (Å²) in [5.74, 6) is -0.0479. The van der Waals surface area contributed by atoms with Gasteiger partial charge < -0.3 is 20.3 Å². The number of amides is 1. The fourth-order valence-electron chi connectivity index (χ4n) is 11.9. The molecule has 0 aliphatic carbocycles. The highest BCUT2D eigenvalue weighted by Crippen LogP contribution is 2.19. The van der Waals surface area contributed by atoms with E-state index in [1.165, 1.54) is 347 Å². The second-order valence-corrected chi connectivity index (χ2v) is 26.0. The molecule has 0 aliphatic rings. The number of rotatable bonds is 71. The van der Waals surface area contributed by atoms with Crippen molar-refractivity contribution >= 4 is 11.9 Å². The zero-order valence-electron chi connectivity index (χ0n) is 56.2. The number of carbonyl (C=O) groups excluding carboxylic acids is 2. The maximum Gasteiger partial charge on any atom is 0.305 e. The summed E-state index contributed by atoms with van der Waals surface area (Å²) in [5.41, 5.74) is 0. The predicted molar refractivity (Wildman–Crippen MR) is 366 cm³/mol. The van der Waals surface area contributed by atoms with Crippen LogP contribution in [-0.2, 0) is 14.3 Å². The third kappa shape index (κ3) is 69.1. The summed E-state index contributed by atoms with van der Waals surface area (Å²) in [6, 6.07) is -0.624. The van der Waals surface area contributed by atoms with Gasteiger partial charge in [0, 0.05) is 12.8 Å². The van der Waals surface area contributed by atoms with E-state index in [1.54, 1.807) is 6.08 Å². The van der Waals surface area contributed by atoms with Gasteiger partial charge in [-0.1, -0.05) is 359 Å². The van der Waals surface area contributed by atoms with E-state index in [0.717, 1.165) is 44.9 Å². The maximum absolute atomic E-state index is 12.5. The van der Waals surface area contributed by atoms with Crippen molar-refractivity contribution in [2.45, 2.75) is 431 Å². The van der Waals surface area contributed by atoms with E-state index in [4.69, 9.17) is 4.74 Å². The summed E-state index contributed by atoms with van der Waals surface area (Å²) in [6.45, 7) is 4.92. The minimum atomic E-state index is -0.840. The first kappa shape index (κ1) is 81.1. The van der Waals surface area contributed by atoms with Crippen LogP contribution >= 0.6 is 0 Å². The highest BCUT2D eigenvalue weighted by molar-refractivity contribution is 5.76. The number of allylic oxidation sites excluding steroid dienone is 5. The molecule has 0 aromatic rings. The minimum absolute atomic E-state index is 0.0141. The normalized spacial score (nSPS) is 12.7. The summed E-state index contributed by atoms with van der Waals surface area (Å²) < 4.78 is 5.49. The Morgan fingerprint density at radius 3 is 0.855 bits per heavy atom. The molecule has 0 saturated carbocycles. The highest BCUT2D eigenvalue weighted by atomic mass is 16.5. The molecule has 0 rings (SSSR count). The number of carbonyl (C=O) groups is 2. The van der Waals surface area contributed by atoms with Gasteiger partial charge in [-0.25, -0.2) is 0 Å². The number of aliphatic hydroxyl groups excluding tert-OH is 2. The topological polar surface area (TPSA) is 95.9 Å². The summed E-state index contributed by atoms with van der Waals surface area (Å²) >= 11 is 0. The van der Waals surface area contributed by atoms with E-state index in [-0.39, 0.29) is 18.5 Å². The molecule has 6 nitrogen and oxygen atoms in total. The van der Waals surface area contributed by atoms with Crippen LogP contribution in [0.1, 0.15) is 418 Å². The maximum atomic E-state index is 12.5. The largest absolute Gasteiger partial charge is 0.466 e. The molecule has 0 aliphatic heterocycles. The molecule has 0 fully saturated rings. The molecular weight excluding hydrogens is 1020 g/mol. The number of aliphatic hydroxyl groups is 2. The summed E-state index contributed by atoms with van der Waals surface area (Å²) in [4.78, 5) is 24.5. The van der Waals surface area contributed by atoms with E-state index in [1.807, 2.05) is 6.08 Å². The second-order valence-electron chi connectivity index (χ2n) is 26.0. The molecule has 0 heterocycles. The molecule has 0 aromatic carbocycles. The lowest BCUT2D eigenvalue weighted by molar-refractivity contribution is -0.143. The smallest absolute Gasteiger partial charge is 0.305 e. The van der Waals surface area contributed by atoms with Crippen molar-refractivity contribution in [1.82, 2.24) is 5.32 Å². The molecular formula is C77H147NO5. The number of nitrogens with one attached hydrogen (secondary N) is 1. The van der Waals surface area contributed by atoms with Gasteiger partial charge in [0.15, 0.2) is 0 Å². The number of unbranched alkanes of at least 4 members (excludes halogenated alkanes) is 56. The summed E-state index contributed by atoms with van der Waals surface area (Å²) in [7, 11) is 0. The van der Waals surface area contributed by atoms with E-state index in [9.17, 15) is 19.8 Å². The van der Waals surface area contributed by atoms with Crippen LogP contribution in [0.2, 0.25) is 0 Å². The molecule has 0 bridgehead atoms. The van der Waals surface area contributed by atoms with Crippen LogP contribution in [0.5, 0.6) is 0 Å². The van der Waals surface area contributed by atoms with Crippen molar-refractivity contribution in [3.63, 3.8) is 0 Å². The van der Waals surface area contributed by atoms with Crippen molar-refractivity contribution < 1.29 is 24.5 Å². The Balaban J connectivity index is 3.32. The first-order valence-corrected chi connectivity index (χ1v) is 37.8. The Morgan fingerprint density at radius 2 is 0.566 bits per heavy atom. The standard InChI is InChI=1S/C77H147NO5/c1-3-5-7-9-11-13-15-17-47-51-55-59-63-67-71-77(82)83-72-68-64-60-56-52-48-44-42-40-38-36-34-32-30-28-26-24-22-20-18-19-21-23-25-27-29-31-33-35-37-39-41-43-46-50-54-58-62-66-70-76(81)78-74(73-79)75(80)69-65-61-57-53-49-45-16-14-12-10-8-6-4-2/h15,17-19,65,69,74-75,79-80H,3-14,16,20-64,66-68,70-73H2,1-2H3,(H,78,81)/b17-15-,19-18-,69-65+. The van der Waals surface area contributed by atoms with Crippen molar-refractivity contribution in [3.05, 3.63) is 36.5 Å². The van der Waals surface area contributed by atoms with Gasteiger partial charge in [-0.2, -0.15) is 0 Å². The van der Waals surface area contributed by atoms with Gasteiger partial charge in [-0.05, 0) is 83.5 Å². The van der Waals surface area contributed by atoms with Gasteiger partial charge in [0.1, 0.15) is 0 Å². The molecule has 3 N–H and O–H groups in total. The Hall–Kier alpha value is -1.92. The van der Waals surface area contributed by atoms with E-state index >= 15 is 0 Å². The summed E-state index contributed by atoms with van der Waals surface area (Å²) in [5, 5.41) is 23.1. The lowest BCUT2D eigenvalue weighted by Crippen LogP contribution is -2.45. The van der Waals surface area contributed by atoms with Gasteiger partial charge >= 0.3 is 5.97 Å². The van der Waals surface area contributed by atoms with Crippen LogP contribution < -0.4 is 5.32 Å². The predicted octanol–water partition coefficient (Wildman–Crippen LogP) is 24.7. The van der Waals surface area contributed by atoms with Gasteiger partial charge in [0.25, 0.3) is 0 Å². The van der Waals surface area contributed by atoms with E-state index < -0.39 is 12.1 Å². The van der Waals surface area contributed by atoms with Gasteiger partial charge in [-0.15, -0.1) is 0 Å². The molecule has 0 aromatic heterocycles. The number of ether oxygens (including phenoxy) is 1. The highest BCUT2D eigenvalue weighted by Gasteiger charge is 2.18. The van der Waals surface area contributed by atoms with Crippen LogP contribution in [0, 0.1) is 0 Å². The Labute approximate surface area is 519 Å². The third-order valence-electron chi connectivity index (χ3n) is 17.6. The summed E-state index contributed by atoms with van der Waals surface area (Å²) in [6.07, 6.45) is 94.1. The van der Waals surface area contributed by atoms with Gasteiger partial charge in [0.05, 0.1) is 25.4 Å². The third-order valence-corrected chi connectivity index (χ3v) is 17.6. The van der Waals surface area contributed by atoms with E-state index in [0.29, 0.717) is 19.4 Å². The minimum Gasteiger partial charge on any atom is -0.466 e. The molecule has 0 spiro atoms. The fraction of sp³-hybridized carbons (Fsp3) is 0.896. The van der Waals surface area contributed by atoms with Gasteiger partial charge in [0.2, 0.25) is 5.91 Å². The van der Waals surface area contributed by atoms with Crippen LogP contribution in [0.25, 0.3) is 0 Å². The average molecular weight is 1170 g/mol. The molecule has 0 saturated heterocycles. The Morgan fingerprint density at radius 1 is 0.325 bits per heavy atom. The van der Waals surface area contributed by atoms with Crippen LogP contribution in [0.15, 0.2) is 36.5 Å². The van der Waals surface area contributed by atoms with Crippen molar-refractivity contribution in [3.8, 4) is 0 Å². The zero-order valence-corrected chi connectivity index (χ0v) is 56.2. The fourth-order valence-corrected chi connectivity index (χ4v) is 11.9. The lowest BCUT2D eigenvalue weighted by atomic mass is 10.0. The molecule has 1 amide bonds. The molecule has 83 heavy (non-hydrogen) atoms.